The van der Waals surface area contributed by atoms with Gasteiger partial charge in [0.1, 0.15) is 7.22 Å². The number of hydrogen-bond donors (Lipinski definition) is 0. The Hall–Kier alpha value is -0.543. The zero-order valence-electron chi connectivity index (χ0n) is 13.3. The fourth-order valence-electron chi connectivity index (χ4n) is 2.75. The molecule has 1 nitrogen and oxygen atoms in total. The molecule has 0 saturated heterocycles. The summed E-state index contributed by atoms with van der Waals surface area (Å²) >= 11 is 2.27. The Balaban J connectivity index is 2.10. The summed E-state index contributed by atoms with van der Waals surface area (Å²) in [5.41, 5.74) is 3.86. The molecule has 1 aromatic rings. The number of rotatable bonds is 3. The van der Waals surface area contributed by atoms with Gasteiger partial charge in [0.15, 0.2) is 0 Å². The van der Waals surface area contributed by atoms with Gasteiger partial charge in [0.05, 0.1) is 5.69 Å². The van der Waals surface area contributed by atoms with Crippen LogP contribution in [-0.4, -0.2) is 18.2 Å². The van der Waals surface area contributed by atoms with Gasteiger partial charge in [-0.1, -0.05) is 38.2 Å². The van der Waals surface area contributed by atoms with Gasteiger partial charge in [-0.2, -0.15) is 11.2 Å². The largest absolute Gasteiger partial charge is 0.258 e. The summed E-state index contributed by atoms with van der Waals surface area (Å²) in [6.45, 7) is 9.51. The maximum absolute atomic E-state index is 4.94. The van der Waals surface area contributed by atoms with E-state index in [9.17, 15) is 0 Å². The quantitative estimate of drug-likeness (QED) is 0.495. The number of hydrogen-bond acceptors (Lipinski definition) is 2. The molecule has 1 aliphatic carbocycles. The first-order valence-corrected chi connectivity index (χ1v) is 12.8. The topological polar surface area (TPSA) is 12.4 Å². The molecular weight excluding hydrogens is 278 g/mol. The molecule has 0 heterocycles. The Morgan fingerprint density at radius 1 is 1.20 bits per heavy atom. The first-order chi connectivity index (χ1) is 9.42. The number of aliphatic imine (C=N–C) groups is 1. The van der Waals surface area contributed by atoms with Crippen LogP contribution < -0.4 is 0 Å². The predicted octanol–water partition coefficient (Wildman–Crippen LogP) is 5.97. The highest BCUT2D eigenvalue weighted by molar-refractivity contribution is 8.29. The first kappa shape index (κ1) is 15.8. The van der Waals surface area contributed by atoms with Crippen molar-refractivity contribution in [3.63, 3.8) is 0 Å². The fraction of sp³-hybridized carbons (Fsp3) is 0.588. The summed E-state index contributed by atoms with van der Waals surface area (Å²) in [5.74, 6) is 0. The third kappa shape index (κ3) is 5.45. The molecule has 0 radical (unpaired) electrons. The normalized spacial score (nSPS) is 22.8. The molecule has 0 aromatic heterocycles. The molecular formula is C17H27NSSi. The van der Waals surface area contributed by atoms with Crippen LogP contribution in [-0.2, 0) is 0 Å². The summed E-state index contributed by atoms with van der Waals surface area (Å²) in [5, 5.41) is 0.799. The van der Waals surface area contributed by atoms with Gasteiger partial charge in [-0.05, 0) is 50.3 Å². The van der Waals surface area contributed by atoms with Crippen molar-refractivity contribution in [2.75, 3.05) is 0 Å². The van der Waals surface area contributed by atoms with Gasteiger partial charge in [-0.15, -0.1) is 0 Å². The molecule has 0 bridgehead atoms. The summed E-state index contributed by atoms with van der Waals surface area (Å²) < 4.78 is 0. The van der Waals surface area contributed by atoms with E-state index in [-0.39, 0.29) is 0 Å². The average molecular weight is 306 g/mol. The van der Waals surface area contributed by atoms with E-state index in [4.69, 9.17) is 4.99 Å². The fourth-order valence-corrected chi connectivity index (χ4v) is 7.91. The predicted molar refractivity (Wildman–Crippen MR) is 96.1 cm³/mol. The Bertz CT molecular complexity index is 476. The lowest BCUT2D eigenvalue weighted by atomic mass is 10.1. The smallest absolute Gasteiger partial charge is 0.108 e. The van der Waals surface area contributed by atoms with Gasteiger partial charge in [0, 0.05) is 11.0 Å². The van der Waals surface area contributed by atoms with Crippen LogP contribution in [0.25, 0.3) is 0 Å². The van der Waals surface area contributed by atoms with Crippen LogP contribution in [0.5, 0.6) is 0 Å². The van der Waals surface area contributed by atoms with Gasteiger partial charge in [0.25, 0.3) is 0 Å². The molecule has 1 aliphatic rings. The minimum Gasteiger partial charge on any atom is -0.258 e. The van der Waals surface area contributed by atoms with Gasteiger partial charge < -0.3 is 0 Å². The average Bonchev–Trinajstić information content (AvgIpc) is 2.52. The first-order valence-electron chi connectivity index (χ1n) is 7.73. The molecule has 0 amide bonds. The summed E-state index contributed by atoms with van der Waals surface area (Å²) in [6.07, 6.45) is 6.45. The zero-order chi connectivity index (χ0) is 14.6. The standard InChI is InChI=1S/C17H27NSSi/c1-14-8-7-10-15(12-14)18-16-9-5-6-11-17(13-16)19-20(2,3)4/h7-8,10,12,17H,5-6,9,11,13H2,1-4H3/b18-16+. The molecule has 1 unspecified atom stereocenters. The highest BCUT2D eigenvalue weighted by atomic mass is 32.4. The van der Waals surface area contributed by atoms with Crippen LogP contribution in [0.4, 0.5) is 5.69 Å². The Morgan fingerprint density at radius 3 is 2.70 bits per heavy atom. The van der Waals surface area contributed by atoms with Crippen LogP contribution in [0.3, 0.4) is 0 Å². The van der Waals surface area contributed by atoms with Crippen LogP contribution in [0, 0.1) is 6.92 Å². The van der Waals surface area contributed by atoms with E-state index >= 15 is 0 Å². The molecule has 0 N–H and O–H groups in total. The third-order valence-corrected chi connectivity index (χ3v) is 8.08. The molecule has 1 aromatic carbocycles. The van der Waals surface area contributed by atoms with Gasteiger partial charge >= 0.3 is 0 Å². The van der Waals surface area contributed by atoms with Gasteiger partial charge in [-0.25, -0.2) is 0 Å². The lowest BCUT2D eigenvalue weighted by Gasteiger charge is -2.23. The highest BCUT2D eigenvalue weighted by Gasteiger charge is 2.24. The molecule has 0 aliphatic heterocycles. The minimum atomic E-state index is -1.04. The van der Waals surface area contributed by atoms with E-state index in [0.717, 1.165) is 10.9 Å². The molecule has 3 heteroatoms. The van der Waals surface area contributed by atoms with Crippen molar-refractivity contribution in [2.24, 2.45) is 4.99 Å². The van der Waals surface area contributed by atoms with E-state index < -0.39 is 7.22 Å². The second-order valence-electron chi connectivity index (χ2n) is 6.82. The van der Waals surface area contributed by atoms with E-state index in [1.165, 1.54) is 43.4 Å². The molecule has 1 atom stereocenters. The molecule has 0 spiro atoms. The highest BCUT2D eigenvalue weighted by Crippen LogP contribution is 2.33. The van der Waals surface area contributed by atoms with Crippen LogP contribution in [0.2, 0.25) is 19.6 Å². The van der Waals surface area contributed by atoms with Crippen molar-refractivity contribution in [1.29, 1.82) is 0 Å². The maximum atomic E-state index is 4.94. The van der Waals surface area contributed by atoms with Crippen LogP contribution >= 0.6 is 11.2 Å². The van der Waals surface area contributed by atoms with Crippen molar-refractivity contribution in [1.82, 2.24) is 0 Å². The van der Waals surface area contributed by atoms with Crippen molar-refractivity contribution in [2.45, 2.75) is 63.9 Å². The zero-order valence-corrected chi connectivity index (χ0v) is 15.1. The Morgan fingerprint density at radius 2 is 2.00 bits per heavy atom. The van der Waals surface area contributed by atoms with Gasteiger partial charge in [0.2, 0.25) is 0 Å². The van der Waals surface area contributed by atoms with E-state index in [0.29, 0.717) is 0 Å². The van der Waals surface area contributed by atoms with Crippen molar-refractivity contribution >= 4 is 29.8 Å². The molecule has 110 valence electrons. The Kier molecular flexibility index (Phi) is 5.50. The summed E-state index contributed by atoms with van der Waals surface area (Å²) in [7, 11) is -1.04. The molecule has 1 saturated carbocycles. The van der Waals surface area contributed by atoms with Crippen molar-refractivity contribution in [3.05, 3.63) is 29.8 Å². The van der Waals surface area contributed by atoms with Crippen LogP contribution in [0.1, 0.15) is 37.7 Å². The SMILES string of the molecule is Cc1cccc(/N=C2\CCCCC(S[Si](C)(C)C)C2)c1. The van der Waals surface area contributed by atoms with Gasteiger partial charge in [-0.3, -0.25) is 4.99 Å². The van der Waals surface area contributed by atoms with Crippen molar-refractivity contribution in [3.8, 4) is 0 Å². The maximum Gasteiger partial charge on any atom is 0.108 e. The van der Waals surface area contributed by atoms with E-state index in [1.807, 2.05) is 0 Å². The molecule has 2 rings (SSSR count). The van der Waals surface area contributed by atoms with Crippen molar-refractivity contribution < 1.29 is 0 Å². The third-order valence-electron chi connectivity index (χ3n) is 3.51. The second-order valence-corrected chi connectivity index (χ2v) is 16.3. The minimum absolute atomic E-state index is 0.799. The van der Waals surface area contributed by atoms with E-state index in [1.54, 1.807) is 0 Å². The number of benzene rings is 1. The molecule has 1 fully saturated rings. The summed E-state index contributed by atoms with van der Waals surface area (Å²) in [4.78, 5) is 4.94. The number of aryl methyl sites for hydroxylation is 1. The molecule has 20 heavy (non-hydrogen) atoms. The summed E-state index contributed by atoms with van der Waals surface area (Å²) in [6, 6.07) is 8.57. The number of nitrogens with zero attached hydrogens (tertiary/aromatic N) is 1. The second kappa shape index (κ2) is 6.95. The Labute approximate surface area is 128 Å². The van der Waals surface area contributed by atoms with Crippen LogP contribution in [0.15, 0.2) is 29.3 Å². The van der Waals surface area contributed by atoms with E-state index in [2.05, 4.69) is 62.0 Å². The monoisotopic (exact) mass is 305 g/mol. The lowest BCUT2D eigenvalue weighted by Crippen LogP contribution is -2.21. The lowest BCUT2D eigenvalue weighted by molar-refractivity contribution is 0.714.